The number of nitrogens with zero attached hydrogens (tertiary/aromatic N) is 1. The molecule has 4 nitrogen and oxygen atoms in total. The Morgan fingerprint density at radius 2 is 1.74 bits per heavy atom. The minimum Gasteiger partial charge on any atom is -0.390 e. The van der Waals surface area contributed by atoms with Crippen LogP contribution < -0.4 is 5.32 Å². The van der Waals surface area contributed by atoms with Gasteiger partial charge in [-0.15, -0.1) is 0 Å². The SMILES string of the molecule is CC(C)C1N[C@@H]([C@H](O)[C](Cc2ccccc2)C(C)(C)C)C(=O)N1Cc1cccc(F)c1. The monoisotopic (exact) mass is 425 g/mol. The topological polar surface area (TPSA) is 52.6 Å². The number of aliphatic hydroxyl groups excluding tert-OH is 1. The van der Waals surface area contributed by atoms with Crippen molar-refractivity contribution < 1.29 is 14.3 Å². The van der Waals surface area contributed by atoms with Gasteiger partial charge in [-0.2, -0.15) is 0 Å². The van der Waals surface area contributed by atoms with E-state index in [1.54, 1.807) is 11.0 Å². The molecule has 0 aromatic heterocycles. The zero-order chi connectivity index (χ0) is 22.8. The predicted molar refractivity (Wildman–Crippen MR) is 121 cm³/mol. The molecule has 0 bridgehead atoms. The second kappa shape index (κ2) is 9.49. The maximum absolute atomic E-state index is 13.7. The molecular weight excluding hydrogens is 391 g/mol. The van der Waals surface area contributed by atoms with Crippen LogP contribution in [0, 0.1) is 23.1 Å². The first-order valence-electron chi connectivity index (χ1n) is 11.0. The lowest BCUT2D eigenvalue weighted by Gasteiger charge is -2.36. The molecule has 3 atom stereocenters. The van der Waals surface area contributed by atoms with Crippen LogP contribution >= 0.6 is 0 Å². The van der Waals surface area contributed by atoms with Gasteiger partial charge in [0.1, 0.15) is 11.9 Å². The van der Waals surface area contributed by atoms with Crippen molar-refractivity contribution >= 4 is 5.91 Å². The Bertz CT molecular complexity index is 878. The fourth-order valence-electron chi connectivity index (χ4n) is 4.28. The van der Waals surface area contributed by atoms with Crippen LogP contribution in [0.2, 0.25) is 0 Å². The lowest BCUT2D eigenvalue weighted by molar-refractivity contribution is -0.133. The highest BCUT2D eigenvalue weighted by Crippen LogP contribution is 2.37. The quantitative estimate of drug-likeness (QED) is 0.694. The Balaban J connectivity index is 1.84. The van der Waals surface area contributed by atoms with Crippen LogP contribution in [0.4, 0.5) is 4.39 Å². The maximum atomic E-state index is 13.7. The van der Waals surface area contributed by atoms with E-state index in [4.69, 9.17) is 0 Å². The van der Waals surface area contributed by atoms with Crippen molar-refractivity contribution in [3.63, 3.8) is 0 Å². The molecule has 2 aromatic carbocycles. The number of carbonyl (C=O) groups excluding carboxylic acids is 1. The van der Waals surface area contributed by atoms with E-state index in [1.165, 1.54) is 12.1 Å². The molecule has 2 aromatic rings. The van der Waals surface area contributed by atoms with Crippen molar-refractivity contribution in [1.29, 1.82) is 0 Å². The molecule has 1 aliphatic heterocycles. The van der Waals surface area contributed by atoms with Crippen molar-refractivity contribution in [2.45, 2.75) is 65.9 Å². The highest BCUT2D eigenvalue weighted by molar-refractivity contribution is 5.85. The summed E-state index contributed by atoms with van der Waals surface area (Å²) in [6.07, 6.45) is -0.549. The van der Waals surface area contributed by atoms with Gasteiger partial charge in [0.25, 0.3) is 0 Å². The second-order valence-electron chi connectivity index (χ2n) is 9.81. The molecule has 0 saturated carbocycles. The molecule has 2 N–H and O–H groups in total. The van der Waals surface area contributed by atoms with Crippen LogP contribution in [0.15, 0.2) is 54.6 Å². The van der Waals surface area contributed by atoms with Crippen LogP contribution in [0.5, 0.6) is 0 Å². The van der Waals surface area contributed by atoms with Gasteiger partial charge >= 0.3 is 0 Å². The summed E-state index contributed by atoms with van der Waals surface area (Å²) >= 11 is 0. The molecule has 1 unspecified atom stereocenters. The van der Waals surface area contributed by atoms with Gasteiger partial charge < -0.3 is 10.0 Å². The minimum atomic E-state index is -0.925. The lowest BCUT2D eigenvalue weighted by Crippen LogP contribution is -2.49. The zero-order valence-corrected chi connectivity index (χ0v) is 19.1. The van der Waals surface area contributed by atoms with Gasteiger partial charge in [-0.05, 0) is 41.0 Å². The van der Waals surface area contributed by atoms with Crippen molar-refractivity contribution in [3.05, 3.63) is 77.5 Å². The van der Waals surface area contributed by atoms with Gasteiger partial charge in [0.05, 0.1) is 12.3 Å². The standard InChI is InChI=1S/C26H34FN2O2/c1-17(2)24-28-22(25(31)29(24)16-19-12-9-13-20(27)14-19)23(30)21(26(3,4)5)15-18-10-7-6-8-11-18/h6-14,17,22-24,28,30H,15-16H2,1-5H3/t22-,23+,24?/m0/s1. The summed E-state index contributed by atoms with van der Waals surface area (Å²) in [6.45, 7) is 10.6. The van der Waals surface area contributed by atoms with E-state index in [2.05, 4.69) is 26.1 Å². The number of nitrogens with one attached hydrogen (secondary N) is 1. The third kappa shape index (κ3) is 5.52. The van der Waals surface area contributed by atoms with E-state index in [1.807, 2.05) is 50.2 Å². The predicted octanol–water partition coefficient (Wildman–Crippen LogP) is 4.33. The number of hydrogen-bond acceptors (Lipinski definition) is 3. The number of rotatable bonds is 7. The Morgan fingerprint density at radius 1 is 1.10 bits per heavy atom. The molecule has 1 fully saturated rings. The Hall–Kier alpha value is -2.24. The average molecular weight is 426 g/mol. The molecule has 0 aliphatic carbocycles. The van der Waals surface area contributed by atoms with Gasteiger partial charge in [-0.1, -0.05) is 77.1 Å². The van der Waals surface area contributed by atoms with Crippen molar-refractivity contribution in [3.8, 4) is 0 Å². The lowest BCUT2D eigenvalue weighted by atomic mass is 9.72. The number of benzene rings is 2. The average Bonchev–Trinajstić information content (AvgIpc) is 3.02. The smallest absolute Gasteiger partial charge is 0.244 e. The third-order valence-electron chi connectivity index (χ3n) is 5.98. The largest absolute Gasteiger partial charge is 0.390 e. The third-order valence-corrected chi connectivity index (χ3v) is 5.98. The molecule has 5 heteroatoms. The van der Waals surface area contributed by atoms with Crippen LogP contribution in [0.25, 0.3) is 0 Å². The maximum Gasteiger partial charge on any atom is 0.244 e. The van der Waals surface area contributed by atoms with E-state index < -0.39 is 12.1 Å². The number of hydrogen-bond donors (Lipinski definition) is 2. The van der Waals surface area contributed by atoms with E-state index >= 15 is 0 Å². The normalized spacial score (nSPS) is 20.7. The molecule has 1 amide bonds. The summed E-state index contributed by atoms with van der Waals surface area (Å²) in [5, 5.41) is 14.8. The number of halogens is 1. The Morgan fingerprint density at radius 3 is 2.32 bits per heavy atom. The van der Waals surface area contributed by atoms with Crippen LogP contribution in [-0.2, 0) is 17.8 Å². The molecule has 167 valence electrons. The van der Waals surface area contributed by atoms with E-state index in [-0.39, 0.29) is 29.2 Å². The van der Waals surface area contributed by atoms with E-state index in [0.717, 1.165) is 17.0 Å². The fraction of sp³-hybridized carbons (Fsp3) is 0.462. The molecular formula is C26H34FN2O2. The first kappa shape index (κ1) is 23.4. The van der Waals surface area contributed by atoms with Crippen molar-refractivity contribution in [2.24, 2.45) is 11.3 Å². The highest BCUT2D eigenvalue weighted by Gasteiger charge is 2.47. The van der Waals surface area contributed by atoms with E-state index in [0.29, 0.717) is 13.0 Å². The van der Waals surface area contributed by atoms with Crippen LogP contribution in [0.1, 0.15) is 45.7 Å². The molecule has 1 saturated heterocycles. The molecule has 3 rings (SSSR count). The summed E-state index contributed by atoms with van der Waals surface area (Å²) < 4.78 is 13.7. The molecule has 31 heavy (non-hydrogen) atoms. The first-order valence-corrected chi connectivity index (χ1v) is 11.0. The summed E-state index contributed by atoms with van der Waals surface area (Å²) in [5.74, 6) is 0.591. The summed E-state index contributed by atoms with van der Waals surface area (Å²) in [7, 11) is 0. The van der Waals surface area contributed by atoms with Gasteiger partial charge in [-0.3, -0.25) is 10.1 Å². The van der Waals surface area contributed by atoms with Gasteiger partial charge in [0.2, 0.25) is 5.91 Å². The van der Waals surface area contributed by atoms with Crippen LogP contribution in [0.3, 0.4) is 0 Å². The second-order valence-corrected chi connectivity index (χ2v) is 9.81. The number of amides is 1. The van der Waals surface area contributed by atoms with Crippen molar-refractivity contribution in [2.75, 3.05) is 0 Å². The Kier molecular flexibility index (Phi) is 7.17. The van der Waals surface area contributed by atoms with Gasteiger partial charge in [0, 0.05) is 12.5 Å². The number of carbonyl (C=O) groups is 1. The minimum absolute atomic E-state index is 0.141. The van der Waals surface area contributed by atoms with Gasteiger partial charge in [0.15, 0.2) is 0 Å². The zero-order valence-electron chi connectivity index (χ0n) is 19.1. The molecule has 0 spiro atoms. The van der Waals surface area contributed by atoms with Crippen molar-refractivity contribution in [1.82, 2.24) is 10.2 Å². The first-order chi connectivity index (χ1) is 14.6. The van der Waals surface area contributed by atoms with Gasteiger partial charge in [-0.25, -0.2) is 4.39 Å². The molecule has 1 aliphatic rings. The summed E-state index contributed by atoms with van der Waals surface area (Å²) in [6, 6.07) is 15.6. The van der Waals surface area contributed by atoms with E-state index in [9.17, 15) is 14.3 Å². The summed E-state index contributed by atoms with van der Waals surface area (Å²) in [4.78, 5) is 15.2. The highest BCUT2D eigenvalue weighted by atomic mass is 19.1. The molecule has 1 heterocycles. The Labute approximate surface area is 185 Å². The summed E-state index contributed by atoms with van der Waals surface area (Å²) in [5.41, 5.74) is 1.56. The fourth-order valence-corrected chi connectivity index (χ4v) is 4.28. The molecule has 1 radical (unpaired) electrons. The number of aliphatic hydroxyl groups is 1. The van der Waals surface area contributed by atoms with Crippen LogP contribution in [-0.4, -0.2) is 34.2 Å².